The third kappa shape index (κ3) is 2.38. The molecule has 1 saturated carbocycles. The lowest BCUT2D eigenvalue weighted by atomic mass is 10.0. The number of aromatic nitrogens is 4. The summed E-state index contributed by atoms with van der Waals surface area (Å²) in [6, 6.07) is 11.6. The Kier molecular flexibility index (Phi) is 2.98. The molecule has 1 aliphatic carbocycles. The third-order valence-electron chi connectivity index (χ3n) is 4.95. The molecule has 1 aliphatic heterocycles. The van der Waals surface area contributed by atoms with Gasteiger partial charge < -0.3 is 9.88 Å². The number of benzene rings is 1. The van der Waals surface area contributed by atoms with Crippen LogP contribution in [0.1, 0.15) is 24.5 Å². The van der Waals surface area contributed by atoms with E-state index in [9.17, 15) is 4.79 Å². The van der Waals surface area contributed by atoms with Gasteiger partial charge in [-0.1, -0.05) is 12.1 Å². The second-order valence-corrected chi connectivity index (χ2v) is 6.90. The van der Waals surface area contributed by atoms with Crippen molar-refractivity contribution in [2.45, 2.75) is 25.3 Å². The number of hydrogen-bond donors (Lipinski definition) is 1. The maximum atomic E-state index is 12.0. The summed E-state index contributed by atoms with van der Waals surface area (Å²) in [7, 11) is 0. The number of aromatic amines is 1. The largest absolute Gasteiger partial charge is 0.342 e. The van der Waals surface area contributed by atoms with E-state index in [0.717, 1.165) is 35.8 Å². The number of H-pyrrole nitrogens is 1. The van der Waals surface area contributed by atoms with E-state index in [1.165, 1.54) is 12.8 Å². The molecule has 0 atom stereocenters. The second kappa shape index (κ2) is 5.19. The molecule has 6 nitrogen and oxygen atoms in total. The zero-order valence-corrected chi connectivity index (χ0v) is 13.4. The summed E-state index contributed by atoms with van der Waals surface area (Å²) in [4.78, 5) is 22.2. The van der Waals surface area contributed by atoms with Crippen LogP contribution in [0.2, 0.25) is 0 Å². The Morgan fingerprint density at radius 3 is 2.75 bits per heavy atom. The SMILES string of the molecule is O=c1ccc(C2CC2)nn1CC1CN(c2nc3ccccc3[nH]2)C1. The number of nitrogens with one attached hydrogen (secondary N) is 1. The molecule has 0 unspecified atom stereocenters. The number of imidazole rings is 1. The zero-order valence-electron chi connectivity index (χ0n) is 13.4. The van der Waals surface area contributed by atoms with Crippen LogP contribution in [-0.2, 0) is 6.54 Å². The van der Waals surface area contributed by atoms with Gasteiger partial charge in [0, 0.05) is 31.0 Å². The van der Waals surface area contributed by atoms with E-state index in [0.29, 0.717) is 18.4 Å². The summed E-state index contributed by atoms with van der Waals surface area (Å²) < 4.78 is 1.65. The first kappa shape index (κ1) is 13.8. The highest BCUT2D eigenvalue weighted by Gasteiger charge is 2.30. The molecule has 122 valence electrons. The van der Waals surface area contributed by atoms with Crippen molar-refractivity contribution in [2.75, 3.05) is 18.0 Å². The van der Waals surface area contributed by atoms with Crippen LogP contribution in [0.15, 0.2) is 41.2 Å². The number of anilines is 1. The van der Waals surface area contributed by atoms with Crippen LogP contribution in [0.5, 0.6) is 0 Å². The van der Waals surface area contributed by atoms with Gasteiger partial charge in [0.25, 0.3) is 5.56 Å². The Balaban J connectivity index is 1.28. The standard InChI is InChI=1S/C18H19N5O/c24-17-8-7-14(13-5-6-13)21-23(17)11-12-9-22(10-12)18-19-15-3-1-2-4-16(15)20-18/h1-4,7-8,12-13H,5-6,9-11H2,(H,19,20). The second-order valence-electron chi connectivity index (χ2n) is 6.90. The Bertz CT molecular complexity index is 916. The minimum Gasteiger partial charge on any atom is -0.342 e. The third-order valence-corrected chi connectivity index (χ3v) is 4.95. The summed E-state index contributed by atoms with van der Waals surface area (Å²) >= 11 is 0. The minimum absolute atomic E-state index is 0.00147. The lowest BCUT2D eigenvalue weighted by Crippen LogP contribution is -2.50. The highest BCUT2D eigenvalue weighted by molar-refractivity contribution is 5.77. The first-order valence-electron chi connectivity index (χ1n) is 8.54. The normalized spacial score (nSPS) is 18.1. The molecule has 3 heterocycles. The number of rotatable bonds is 4. The van der Waals surface area contributed by atoms with Crippen LogP contribution in [0.4, 0.5) is 5.95 Å². The van der Waals surface area contributed by atoms with E-state index in [2.05, 4.69) is 20.0 Å². The van der Waals surface area contributed by atoms with Crippen molar-refractivity contribution in [1.29, 1.82) is 0 Å². The molecular weight excluding hydrogens is 302 g/mol. The highest BCUT2D eigenvalue weighted by atomic mass is 16.1. The van der Waals surface area contributed by atoms with Gasteiger partial charge in [-0.15, -0.1) is 0 Å². The van der Waals surface area contributed by atoms with Crippen molar-refractivity contribution in [3.8, 4) is 0 Å². The predicted octanol–water partition coefficient (Wildman–Crippen LogP) is 2.13. The monoisotopic (exact) mass is 321 g/mol. The molecule has 2 fully saturated rings. The summed E-state index contributed by atoms with van der Waals surface area (Å²) in [6.45, 7) is 2.50. The van der Waals surface area contributed by atoms with E-state index in [1.54, 1.807) is 10.7 Å². The quantitative estimate of drug-likeness (QED) is 0.799. The average molecular weight is 321 g/mol. The number of hydrogen-bond acceptors (Lipinski definition) is 4. The highest BCUT2D eigenvalue weighted by Crippen LogP contribution is 2.38. The van der Waals surface area contributed by atoms with Gasteiger partial charge in [0.05, 0.1) is 23.3 Å². The summed E-state index contributed by atoms with van der Waals surface area (Å²) in [5.74, 6) is 1.93. The molecule has 2 aliphatic rings. The fourth-order valence-corrected chi connectivity index (χ4v) is 3.38. The maximum Gasteiger partial charge on any atom is 0.266 e. The van der Waals surface area contributed by atoms with Crippen molar-refractivity contribution < 1.29 is 0 Å². The van der Waals surface area contributed by atoms with Crippen molar-refractivity contribution in [3.63, 3.8) is 0 Å². The molecule has 1 aromatic carbocycles. The molecule has 24 heavy (non-hydrogen) atoms. The molecular formula is C18H19N5O. The molecule has 1 N–H and O–H groups in total. The maximum absolute atomic E-state index is 12.0. The first-order valence-corrected chi connectivity index (χ1v) is 8.54. The zero-order chi connectivity index (χ0) is 16.1. The molecule has 0 bridgehead atoms. The van der Waals surface area contributed by atoms with Crippen molar-refractivity contribution >= 4 is 17.0 Å². The summed E-state index contributed by atoms with van der Waals surface area (Å²) in [5.41, 5.74) is 3.13. The van der Waals surface area contributed by atoms with E-state index >= 15 is 0 Å². The smallest absolute Gasteiger partial charge is 0.266 e. The number of nitrogens with zero attached hydrogens (tertiary/aromatic N) is 4. The summed E-state index contributed by atoms with van der Waals surface area (Å²) in [6.07, 6.45) is 2.41. The molecule has 2 aromatic heterocycles. The van der Waals surface area contributed by atoms with Gasteiger partial charge in [0.15, 0.2) is 0 Å². The average Bonchev–Trinajstić information content (AvgIpc) is 3.31. The van der Waals surface area contributed by atoms with Gasteiger partial charge in [0.1, 0.15) is 0 Å². The van der Waals surface area contributed by atoms with Crippen LogP contribution in [0.3, 0.4) is 0 Å². The molecule has 0 spiro atoms. The van der Waals surface area contributed by atoms with Crippen LogP contribution in [0, 0.1) is 5.92 Å². The van der Waals surface area contributed by atoms with E-state index < -0.39 is 0 Å². The number of para-hydroxylation sites is 2. The van der Waals surface area contributed by atoms with Crippen LogP contribution >= 0.6 is 0 Å². The van der Waals surface area contributed by atoms with Gasteiger partial charge in [-0.3, -0.25) is 4.79 Å². The van der Waals surface area contributed by atoms with Gasteiger partial charge in [-0.2, -0.15) is 5.10 Å². The van der Waals surface area contributed by atoms with Crippen LogP contribution in [-0.4, -0.2) is 32.8 Å². The molecule has 1 saturated heterocycles. The van der Waals surface area contributed by atoms with Crippen molar-refractivity contribution in [1.82, 2.24) is 19.7 Å². The lowest BCUT2D eigenvalue weighted by molar-refractivity contribution is 0.330. The Hall–Kier alpha value is -2.63. The summed E-state index contributed by atoms with van der Waals surface area (Å²) in [5, 5.41) is 4.55. The van der Waals surface area contributed by atoms with Crippen molar-refractivity contribution in [3.05, 3.63) is 52.4 Å². The fraction of sp³-hybridized carbons (Fsp3) is 0.389. The molecule has 0 radical (unpaired) electrons. The Morgan fingerprint density at radius 1 is 1.12 bits per heavy atom. The molecule has 5 rings (SSSR count). The molecule has 0 amide bonds. The van der Waals surface area contributed by atoms with E-state index in [4.69, 9.17) is 0 Å². The minimum atomic E-state index is 0.00147. The number of fused-ring (bicyclic) bond motifs is 1. The van der Waals surface area contributed by atoms with Gasteiger partial charge in [-0.05, 0) is 31.0 Å². The molecule has 3 aromatic rings. The fourth-order valence-electron chi connectivity index (χ4n) is 3.38. The first-order chi connectivity index (χ1) is 11.8. The van der Waals surface area contributed by atoms with E-state index in [1.807, 2.05) is 30.3 Å². The Morgan fingerprint density at radius 2 is 1.96 bits per heavy atom. The van der Waals surface area contributed by atoms with E-state index in [-0.39, 0.29) is 5.56 Å². The Labute approximate surface area is 139 Å². The van der Waals surface area contributed by atoms with Gasteiger partial charge >= 0.3 is 0 Å². The van der Waals surface area contributed by atoms with Crippen LogP contribution in [0.25, 0.3) is 11.0 Å². The topological polar surface area (TPSA) is 66.8 Å². The van der Waals surface area contributed by atoms with Crippen molar-refractivity contribution in [2.24, 2.45) is 5.92 Å². The van der Waals surface area contributed by atoms with Crippen LogP contribution < -0.4 is 10.5 Å². The lowest BCUT2D eigenvalue weighted by Gasteiger charge is -2.39. The predicted molar refractivity (Wildman–Crippen MR) is 92.3 cm³/mol. The van der Waals surface area contributed by atoms with Gasteiger partial charge in [-0.25, -0.2) is 9.67 Å². The van der Waals surface area contributed by atoms with Gasteiger partial charge in [0.2, 0.25) is 5.95 Å². The molecule has 6 heteroatoms.